The molecule has 23 heavy (non-hydrogen) atoms. The molecule has 3 nitrogen and oxygen atoms in total. The molecule has 2 N–H and O–H groups in total. The number of imidazole rings is 1. The van der Waals surface area contributed by atoms with Crippen LogP contribution in [0.25, 0.3) is 22.4 Å². The van der Waals surface area contributed by atoms with E-state index in [1.807, 2.05) is 24.5 Å². The number of aryl methyl sites for hydroxylation is 2. The molecule has 0 amide bonds. The van der Waals surface area contributed by atoms with E-state index in [2.05, 4.69) is 26.0 Å². The average Bonchev–Trinajstić information content (AvgIpc) is 2.76. The second-order valence-electron chi connectivity index (χ2n) is 6.92. The zero-order valence-electron chi connectivity index (χ0n) is 14.0. The highest BCUT2D eigenvalue weighted by molar-refractivity contribution is 5.82. The van der Waals surface area contributed by atoms with Gasteiger partial charge in [-0.25, -0.2) is 9.37 Å². The van der Waals surface area contributed by atoms with Gasteiger partial charge < -0.3 is 10.3 Å². The van der Waals surface area contributed by atoms with Crippen LogP contribution in [-0.4, -0.2) is 15.1 Å². The first kappa shape index (κ1) is 15.7. The van der Waals surface area contributed by atoms with Crippen molar-refractivity contribution in [2.45, 2.75) is 39.8 Å². The minimum atomic E-state index is -0.424. The predicted molar refractivity (Wildman–Crippen MR) is 92.9 cm³/mol. The summed E-state index contributed by atoms with van der Waals surface area (Å²) in [6, 6.07) is 10.9. The van der Waals surface area contributed by atoms with Crippen molar-refractivity contribution in [1.82, 2.24) is 9.55 Å². The lowest BCUT2D eigenvalue weighted by Crippen LogP contribution is -2.37. The second-order valence-corrected chi connectivity index (χ2v) is 6.92. The third-order valence-electron chi connectivity index (χ3n) is 4.04. The van der Waals surface area contributed by atoms with Gasteiger partial charge in [-0.15, -0.1) is 0 Å². The Morgan fingerprint density at radius 3 is 2.43 bits per heavy atom. The maximum atomic E-state index is 14.3. The van der Waals surface area contributed by atoms with Gasteiger partial charge in [0.05, 0.1) is 16.6 Å². The zero-order chi connectivity index (χ0) is 16.8. The van der Waals surface area contributed by atoms with Crippen LogP contribution in [0.3, 0.4) is 0 Å². The van der Waals surface area contributed by atoms with Crippen LogP contribution >= 0.6 is 0 Å². The highest BCUT2D eigenvalue weighted by Crippen LogP contribution is 2.29. The van der Waals surface area contributed by atoms with Crippen molar-refractivity contribution >= 4 is 11.0 Å². The summed E-state index contributed by atoms with van der Waals surface area (Å²) in [5.41, 5.74) is 10.5. The summed E-state index contributed by atoms with van der Waals surface area (Å²) < 4.78 is 16.3. The molecule has 0 aliphatic heterocycles. The van der Waals surface area contributed by atoms with Gasteiger partial charge in [-0.3, -0.25) is 0 Å². The van der Waals surface area contributed by atoms with Gasteiger partial charge in [0.15, 0.2) is 0 Å². The van der Waals surface area contributed by atoms with Crippen LogP contribution in [0.15, 0.2) is 36.4 Å². The van der Waals surface area contributed by atoms with Gasteiger partial charge in [0, 0.05) is 12.1 Å². The molecule has 0 atom stereocenters. The Morgan fingerprint density at radius 1 is 1.13 bits per heavy atom. The maximum Gasteiger partial charge on any atom is 0.144 e. The van der Waals surface area contributed by atoms with E-state index in [0.717, 1.165) is 11.0 Å². The van der Waals surface area contributed by atoms with Gasteiger partial charge in [-0.1, -0.05) is 12.1 Å². The highest BCUT2D eigenvalue weighted by atomic mass is 19.1. The number of benzene rings is 2. The molecule has 0 unspecified atom stereocenters. The Hall–Kier alpha value is -2.20. The normalized spacial score (nSPS) is 12.1. The average molecular weight is 311 g/mol. The molecule has 0 aliphatic carbocycles. The molecular weight excluding hydrogens is 289 g/mol. The molecule has 0 saturated carbocycles. The van der Waals surface area contributed by atoms with E-state index in [1.54, 1.807) is 12.1 Å². The number of nitrogens with two attached hydrogens (primary N) is 1. The topological polar surface area (TPSA) is 43.8 Å². The standard InChI is InChI=1S/C19H22FN3/c1-12-9-16-17(10-13(12)2)23(11-19(3,4)21)18(22-16)14-7-5-6-8-15(14)20/h5-10H,11,21H2,1-4H3. The number of fused-ring (bicyclic) bond motifs is 1. The first-order chi connectivity index (χ1) is 10.8. The summed E-state index contributed by atoms with van der Waals surface area (Å²) in [6.45, 7) is 8.62. The van der Waals surface area contributed by atoms with E-state index < -0.39 is 5.54 Å². The molecule has 0 fully saturated rings. The molecule has 3 aromatic rings. The number of rotatable bonds is 3. The SMILES string of the molecule is Cc1cc2nc(-c3ccccc3F)n(CC(C)(C)N)c2cc1C. The van der Waals surface area contributed by atoms with Gasteiger partial charge in [-0.05, 0) is 63.1 Å². The Balaban J connectivity index is 2.32. The summed E-state index contributed by atoms with van der Waals surface area (Å²) in [6.07, 6.45) is 0. The minimum Gasteiger partial charge on any atom is -0.324 e. The molecule has 2 aromatic carbocycles. The fourth-order valence-electron chi connectivity index (χ4n) is 2.80. The van der Waals surface area contributed by atoms with Crippen molar-refractivity contribution in [3.63, 3.8) is 0 Å². The van der Waals surface area contributed by atoms with Crippen molar-refractivity contribution in [2.75, 3.05) is 0 Å². The molecule has 0 radical (unpaired) electrons. The number of nitrogens with zero attached hydrogens (tertiary/aromatic N) is 2. The van der Waals surface area contributed by atoms with Gasteiger partial charge in [0.25, 0.3) is 0 Å². The van der Waals surface area contributed by atoms with Crippen molar-refractivity contribution in [3.05, 3.63) is 53.3 Å². The summed E-state index contributed by atoms with van der Waals surface area (Å²) in [5, 5.41) is 0. The van der Waals surface area contributed by atoms with Crippen LogP contribution in [-0.2, 0) is 6.54 Å². The molecular formula is C19H22FN3. The molecule has 0 saturated heterocycles. The van der Waals surface area contributed by atoms with E-state index in [9.17, 15) is 4.39 Å². The second kappa shape index (κ2) is 5.46. The Kier molecular flexibility index (Phi) is 3.72. The largest absolute Gasteiger partial charge is 0.324 e. The number of hydrogen-bond donors (Lipinski definition) is 1. The fraction of sp³-hybridized carbons (Fsp3) is 0.316. The molecule has 0 spiro atoms. The minimum absolute atomic E-state index is 0.271. The van der Waals surface area contributed by atoms with Crippen molar-refractivity contribution < 1.29 is 4.39 Å². The predicted octanol–water partition coefficient (Wildman–Crippen LogP) is 4.20. The lowest BCUT2D eigenvalue weighted by Gasteiger charge is -2.21. The first-order valence-corrected chi connectivity index (χ1v) is 7.77. The third kappa shape index (κ3) is 2.99. The smallest absolute Gasteiger partial charge is 0.144 e. The lowest BCUT2D eigenvalue weighted by atomic mass is 10.1. The van der Waals surface area contributed by atoms with E-state index in [4.69, 9.17) is 10.7 Å². The quantitative estimate of drug-likeness (QED) is 0.788. The van der Waals surface area contributed by atoms with Crippen LogP contribution < -0.4 is 5.73 Å². The van der Waals surface area contributed by atoms with Gasteiger partial charge >= 0.3 is 0 Å². The molecule has 120 valence electrons. The first-order valence-electron chi connectivity index (χ1n) is 7.77. The van der Waals surface area contributed by atoms with E-state index in [1.165, 1.54) is 17.2 Å². The molecule has 1 heterocycles. The lowest BCUT2D eigenvalue weighted by molar-refractivity contribution is 0.442. The van der Waals surface area contributed by atoms with Crippen LogP contribution in [0, 0.1) is 19.7 Å². The van der Waals surface area contributed by atoms with Crippen LogP contribution in [0.1, 0.15) is 25.0 Å². The summed E-state index contributed by atoms with van der Waals surface area (Å²) in [5.74, 6) is 0.356. The molecule has 4 heteroatoms. The number of hydrogen-bond acceptors (Lipinski definition) is 2. The van der Waals surface area contributed by atoms with Gasteiger partial charge in [0.1, 0.15) is 11.6 Å². The monoisotopic (exact) mass is 311 g/mol. The van der Waals surface area contributed by atoms with Crippen molar-refractivity contribution in [2.24, 2.45) is 5.73 Å². The van der Waals surface area contributed by atoms with Crippen molar-refractivity contribution in [1.29, 1.82) is 0 Å². The maximum absolute atomic E-state index is 14.3. The van der Waals surface area contributed by atoms with Crippen LogP contribution in [0.5, 0.6) is 0 Å². The van der Waals surface area contributed by atoms with E-state index in [0.29, 0.717) is 17.9 Å². The Labute approximate surface area is 136 Å². The van der Waals surface area contributed by atoms with Crippen LogP contribution in [0.4, 0.5) is 4.39 Å². The summed E-state index contributed by atoms with van der Waals surface area (Å²) in [4.78, 5) is 4.70. The number of aromatic nitrogens is 2. The Morgan fingerprint density at radius 2 is 1.78 bits per heavy atom. The molecule has 0 bridgehead atoms. The van der Waals surface area contributed by atoms with Crippen LogP contribution in [0.2, 0.25) is 0 Å². The molecule has 1 aromatic heterocycles. The molecule has 0 aliphatic rings. The van der Waals surface area contributed by atoms with Gasteiger partial charge in [0.2, 0.25) is 0 Å². The third-order valence-corrected chi connectivity index (χ3v) is 4.04. The Bertz CT molecular complexity index is 872. The summed E-state index contributed by atoms with van der Waals surface area (Å²) >= 11 is 0. The summed E-state index contributed by atoms with van der Waals surface area (Å²) in [7, 11) is 0. The van der Waals surface area contributed by atoms with Crippen molar-refractivity contribution in [3.8, 4) is 11.4 Å². The van der Waals surface area contributed by atoms with E-state index >= 15 is 0 Å². The fourth-order valence-corrected chi connectivity index (χ4v) is 2.80. The highest BCUT2D eigenvalue weighted by Gasteiger charge is 2.21. The number of halogens is 1. The van der Waals surface area contributed by atoms with Gasteiger partial charge in [-0.2, -0.15) is 0 Å². The zero-order valence-corrected chi connectivity index (χ0v) is 14.0. The van der Waals surface area contributed by atoms with E-state index in [-0.39, 0.29) is 5.82 Å². The molecule has 3 rings (SSSR count).